The van der Waals surface area contributed by atoms with Crippen LogP contribution in [0.25, 0.3) is 0 Å². The number of pyridine rings is 1. The Labute approximate surface area is 77.4 Å². The minimum Gasteiger partial charge on any atom is -0.366 e. The molecule has 1 aromatic rings. The molecule has 70 valence electrons. The molecule has 0 saturated carbocycles. The minimum atomic E-state index is -0.248. The van der Waals surface area contributed by atoms with Gasteiger partial charge in [-0.1, -0.05) is 0 Å². The van der Waals surface area contributed by atoms with Crippen molar-refractivity contribution in [1.82, 2.24) is 4.98 Å². The highest BCUT2D eigenvalue weighted by molar-refractivity contribution is 5.46. The Bertz CT molecular complexity index is 263. The molecule has 1 saturated heterocycles. The van der Waals surface area contributed by atoms with Crippen LogP contribution in [0, 0.1) is 0 Å². The van der Waals surface area contributed by atoms with E-state index in [4.69, 9.17) is 0 Å². The molecule has 2 rings (SSSR count). The summed E-state index contributed by atoms with van der Waals surface area (Å²) in [6.07, 6.45) is 5.57. The molecule has 0 N–H and O–H groups in total. The molecule has 0 spiro atoms. The van der Waals surface area contributed by atoms with Gasteiger partial charge in [-0.05, 0) is 25.0 Å². The SMILES string of the molecule is FCC1CCCN1c1ccncc1. The summed E-state index contributed by atoms with van der Waals surface area (Å²) < 4.78 is 12.6. The summed E-state index contributed by atoms with van der Waals surface area (Å²) in [7, 11) is 0. The number of rotatable bonds is 2. The van der Waals surface area contributed by atoms with Crippen LogP contribution in [0.15, 0.2) is 24.5 Å². The molecule has 0 aromatic carbocycles. The molecular weight excluding hydrogens is 167 g/mol. The molecule has 1 unspecified atom stereocenters. The first-order chi connectivity index (χ1) is 6.42. The van der Waals surface area contributed by atoms with E-state index < -0.39 is 0 Å². The highest BCUT2D eigenvalue weighted by atomic mass is 19.1. The van der Waals surface area contributed by atoms with Gasteiger partial charge in [0.05, 0.1) is 6.04 Å². The van der Waals surface area contributed by atoms with E-state index in [-0.39, 0.29) is 12.7 Å². The lowest BCUT2D eigenvalue weighted by atomic mass is 10.2. The predicted octanol–water partition coefficient (Wildman–Crippen LogP) is 2.02. The number of hydrogen-bond acceptors (Lipinski definition) is 2. The number of alkyl halides is 1. The van der Waals surface area contributed by atoms with Gasteiger partial charge in [0.25, 0.3) is 0 Å². The summed E-state index contributed by atoms with van der Waals surface area (Å²) >= 11 is 0. The van der Waals surface area contributed by atoms with Crippen LogP contribution in [0.2, 0.25) is 0 Å². The van der Waals surface area contributed by atoms with Crippen molar-refractivity contribution in [1.29, 1.82) is 0 Å². The molecule has 1 aliphatic heterocycles. The highest BCUT2D eigenvalue weighted by Crippen LogP contribution is 2.24. The molecule has 0 radical (unpaired) electrons. The summed E-state index contributed by atoms with van der Waals surface area (Å²) in [5.74, 6) is 0. The van der Waals surface area contributed by atoms with E-state index in [0.717, 1.165) is 25.1 Å². The molecule has 1 aliphatic rings. The first-order valence-electron chi connectivity index (χ1n) is 4.64. The monoisotopic (exact) mass is 180 g/mol. The third kappa shape index (κ3) is 1.64. The summed E-state index contributed by atoms with van der Waals surface area (Å²) in [5.41, 5.74) is 1.09. The summed E-state index contributed by atoms with van der Waals surface area (Å²) in [5, 5.41) is 0. The van der Waals surface area contributed by atoms with E-state index in [1.807, 2.05) is 12.1 Å². The van der Waals surface area contributed by atoms with Crippen LogP contribution in [0.4, 0.5) is 10.1 Å². The molecule has 0 aliphatic carbocycles. The van der Waals surface area contributed by atoms with Gasteiger partial charge < -0.3 is 4.90 Å². The molecule has 0 bridgehead atoms. The molecule has 1 aromatic heterocycles. The second-order valence-electron chi connectivity index (χ2n) is 3.35. The van der Waals surface area contributed by atoms with Crippen molar-refractivity contribution in [2.45, 2.75) is 18.9 Å². The Kier molecular flexibility index (Phi) is 2.43. The van der Waals surface area contributed by atoms with Gasteiger partial charge in [-0.3, -0.25) is 4.98 Å². The van der Waals surface area contributed by atoms with Gasteiger partial charge >= 0.3 is 0 Å². The Hall–Kier alpha value is -1.12. The zero-order valence-electron chi connectivity index (χ0n) is 7.49. The highest BCUT2D eigenvalue weighted by Gasteiger charge is 2.24. The molecule has 3 heteroatoms. The van der Waals surface area contributed by atoms with Gasteiger partial charge in [0.15, 0.2) is 0 Å². The topological polar surface area (TPSA) is 16.1 Å². The summed E-state index contributed by atoms with van der Waals surface area (Å²) in [6, 6.07) is 3.96. The fraction of sp³-hybridized carbons (Fsp3) is 0.500. The van der Waals surface area contributed by atoms with Crippen LogP contribution < -0.4 is 4.90 Å². The lowest BCUT2D eigenvalue weighted by Crippen LogP contribution is -2.30. The summed E-state index contributed by atoms with van der Waals surface area (Å²) in [4.78, 5) is 6.07. The van der Waals surface area contributed by atoms with Gasteiger partial charge in [0.1, 0.15) is 6.67 Å². The van der Waals surface area contributed by atoms with Crippen molar-refractivity contribution in [2.24, 2.45) is 0 Å². The van der Waals surface area contributed by atoms with Crippen molar-refractivity contribution in [3.05, 3.63) is 24.5 Å². The Morgan fingerprint density at radius 1 is 1.46 bits per heavy atom. The largest absolute Gasteiger partial charge is 0.366 e. The molecule has 1 fully saturated rings. The number of halogens is 1. The van der Waals surface area contributed by atoms with Gasteiger partial charge in [-0.15, -0.1) is 0 Å². The molecular formula is C10H13FN2. The lowest BCUT2D eigenvalue weighted by Gasteiger charge is -2.24. The van der Waals surface area contributed by atoms with Crippen molar-refractivity contribution in [3.8, 4) is 0 Å². The second kappa shape index (κ2) is 3.73. The third-order valence-corrected chi connectivity index (χ3v) is 2.55. The number of hydrogen-bond donors (Lipinski definition) is 0. The van der Waals surface area contributed by atoms with Crippen LogP contribution >= 0.6 is 0 Å². The maximum atomic E-state index is 12.6. The van der Waals surface area contributed by atoms with Crippen molar-refractivity contribution < 1.29 is 4.39 Å². The average Bonchev–Trinajstić information content (AvgIpc) is 2.67. The van der Waals surface area contributed by atoms with E-state index in [1.54, 1.807) is 12.4 Å². The molecule has 1 atom stereocenters. The van der Waals surface area contributed by atoms with E-state index in [0.29, 0.717) is 0 Å². The average molecular weight is 180 g/mol. The van der Waals surface area contributed by atoms with Crippen LogP contribution in [0.3, 0.4) is 0 Å². The third-order valence-electron chi connectivity index (χ3n) is 2.55. The predicted molar refractivity (Wildman–Crippen MR) is 50.6 cm³/mol. The van der Waals surface area contributed by atoms with Crippen LogP contribution in [-0.2, 0) is 0 Å². The number of anilines is 1. The van der Waals surface area contributed by atoms with E-state index >= 15 is 0 Å². The quantitative estimate of drug-likeness (QED) is 0.692. The van der Waals surface area contributed by atoms with Gasteiger partial charge in [0, 0.05) is 24.6 Å². The molecule has 0 amide bonds. The normalized spacial score (nSPS) is 22.2. The lowest BCUT2D eigenvalue weighted by molar-refractivity contribution is 0.428. The maximum Gasteiger partial charge on any atom is 0.110 e. The van der Waals surface area contributed by atoms with Gasteiger partial charge in [-0.2, -0.15) is 0 Å². The van der Waals surface area contributed by atoms with E-state index in [9.17, 15) is 4.39 Å². The molecule has 2 heterocycles. The fourth-order valence-electron chi connectivity index (χ4n) is 1.87. The molecule has 2 nitrogen and oxygen atoms in total. The second-order valence-corrected chi connectivity index (χ2v) is 3.35. The zero-order chi connectivity index (χ0) is 9.10. The molecule has 13 heavy (non-hydrogen) atoms. The number of aromatic nitrogens is 1. The van der Waals surface area contributed by atoms with Crippen LogP contribution in [0.1, 0.15) is 12.8 Å². The first kappa shape index (κ1) is 8.48. The van der Waals surface area contributed by atoms with Crippen LogP contribution in [-0.4, -0.2) is 24.2 Å². The van der Waals surface area contributed by atoms with Crippen molar-refractivity contribution in [2.75, 3.05) is 18.1 Å². The van der Waals surface area contributed by atoms with Crippen LogP contribution in [0.5, 0.6) is 0 Å². The van der Waals surface area contributed by atoms with Gasteiger partial charge in [0.2, 0.25) is 0 Å². The Balaban J connectivity index is 2.16. The van der Waals surface area contributed by atoms with E-state index in [1.165, 1.54) is 0 Å². The first-order valence-corrected chi connectivity index (χ1v) is 4.64. The number of nitrogens with zero attached hydrogens (tertiary/aromatic N) is 2. The maximum absolute atomic E-state index is 12.6. The Morgan fingerprint density at radius 3 is 2.92 bits per heavy atom. The van der Waals surface area contributed by atoms with E-state index in [2.05, 4.69) is 9.88 Å². The van der Waals surface area contributed by atoms with Crippen molar-refractivity contribution >= 4 is 5.69 Å². The smallest absolute Gasteiger partial charge is 0.110 e. The zero-order valence-corrected chi connectivity index (χ0v) is 7.49. The standard InChI is InChI=1S/C10H13FN2/c11-8-10-2-1-7-13(10)9-3-5-12-6-4-9/h3-6,10H,1-2,7-8H2. The summed E-state index contributed by atoms with van der Waals surface area (Å²) in [6.45, 7) is 0.723. The Morgan fingerprint density at radius 2 is 2.23 bits per heavy atom. The minimum absolute atomic E-state index is 0.0856. The fourth-order valence-corrected chi connectivity index (χ4v) is 1.87. The van der Waals surface area contributed by atoms with Gasteiger partial charge in [-0.25, -0.2) is 4.39 Å². The van der Waals surface area contributed by atoms with Crippen molar-refractivity contribution in [3.63, 3.8) is 0 Å².